The SMILES string of the molecule is Cc1ncc(N2Cc3nc(-c4ccc(N5CCC(F)C5)nc4)oc3C2=O)s1. The van der Waals surface area contributed by atoms with Gasteiger partial charge in [-0.25, -0.2) is 19.3 Å². The summed E-state index contributed by atoms with van der Waals surface area (Å²) in [4.78, 5) is 29.2. The lowest BCUT2D eigenvalue weighted by Crippen LogP contribution is -2.22. The second kappa shape index (κ2) is 6.12. The van der Waals surface area contributed by atoms with Crippen molar-refractivity contribution in [2.24, 2.45) is 0 Å². The van der Waals surface area contributed by atoms with E-state index < -0.39 is 6.17 Å². The second-order valence-electron chi connectivity index (χ2n) is 6.64. The number of aryl methyl sites for hydroxylation is 1. The van der Waals surface area contributed by atoms with Crippen molar-refractivity contribution in [2.75, 3.05) is 22.9 Å². The van der Waals surface area contributed by atoms with Crippen molar-refractivity contribution in [1.82, 2.24) is 15.0 Å². The summed E-state index contributed by atoms with van der Waals surface area (Å²) in [5.41, 5.74) is 1.31. The molecule has 1 unspecified atom stereocenters. The van der Waals surface area contributed by atoms with Gasteiger partial charge in [0.15, 0.2) is 0 Å². The van der Waals surface area contributed by atoms with Crippen LogP contribution in [0.3, 0.4) is 0 Å². The Hall–Kier alpha value is -2.81. The predicted molar refractivity (Wildman–Crippen MR) is 98.8 cm³/mol. The van der Waals surface area contributed by atoms with Crippen LogP contribution in [0.4, 0.5) is 15.2 Å². The normalized spacial score (nSPS) is 19.2. The van der Waals surface area contributed by atoms with E-state index in [1.807, 2.05) is 24.0 Å². The molecular formula is C18H16FN5O2S. The number of alkyl halides is 1. The van der Waals surface area contributed by atoms with Gasteiger partial charge in [-0.3, -0.25) is 9.69 Å². The lowest BCUT2D eigenvalue weighted by molar-refractivity contribution is 0.0973. The zero-order chi connectivity index (χ0) is 18.5. The highest BCUT2D eigenvalue weighted by Gasteiger charge is 2.35. The Labute approximate surface area is 158 Å². The molecule has 1 fully saturated rings. The Morgan fingerprint density at radius 3 is 2.81 bits per heavy atom. The number of anilines is 2. The molecule has 0 saturated carbocycles. The molecule has 2 aliphatic rings. The van der Waals surface area contributed by atoms with Crippen LogP contribution in [-0.4, -0.2) is 40.1 Å². The maximum absolute atomic E-state index is 13.4. The minimum Gasteiger partial charge on any atom is -0.430 e. The fourth-order valence-electron chi connectivity index (χ4n) is 3.37. The van der Waals surface area contributed by atoms with Crippen LogP contribution in [0, 0.1) is 6.92 Å². The standard InChI is InChI=1S/C18H16FN5O2S/c1-10-20-7-15(27-10)24-9-13-16(18(24)25)26-17(22-13)11-2-3-14(21-6-11)23-5-4-12(19)8-23/h2-3,6-7,12H,4-5,8-9H2,1H3. The smallest absolute Gasteiger partial charge is 0.297 e. The molecule has 138 valence electrons. The highest BCUT2D eigenvalue weighted by Crippen LogP contribution is 2.34. The number of fused-ring (bicyclic) bond motifs is 1. The number of amides is 1. The largest absolute Gasteiger partial charge is 0.430 e. The number of thiazole rings is 1. The summed E-state index contributed by atoms with van der Waals surface area (Å²) in [6.45, 7) is 3.31. The van der Waals surface area contributed by atoms with Crippen LogP contribution in [0.25, 0.3) is 11.5 Å². The third-order valence-electron chi connectivity index (χ3n) is 4.77. The van der Waals surface area contributed by atoms with Gasteiger partial charge < -0.3 is 9.32 Å². The first-order valence-corrected chi connectivity index (χ1v) is 9.49. The lowest BCUT2D eigenvalue weighted by Gasteiger charge is -2.15. The van der Waals surface area contributed by atoms with Crippen LogP contribution in [-0.2, 0) is 6.54 Å². The summed E-state index contributed by atoms with van der Waals surface area (Å²) in [6.07, 6.45) is 3.08. The fourth-order valence-corrected chi connectivity index (χ4v) is 4.14. The van der Waals surface area contributed by atoms with E-state index in [0.717, 1.165) is 15.8 Å². The van der Waals surface area contributed by atoms with Gasteiger partial charge in [0.05, 0.1) is 29.9 Å². The Kier molecular flexibility index (Phi) is 3.71. The van der Waals surface area contributed by atoms with E-state index in [1.54, 1.807) is 17.3 Å². The van der Waals surface area contributed by atoms with Crippen LogP contribution < -0.4 is 9.80 Å². The Bertz CT molecular complexity index is 1020. The Morgan fingerprint density at radius 1 is 1.30 bits per heavy atom. The van der Waals surface area contributed by atoms with E-state index in [0.29, 0.717) is 43.2 Å². The van der Waals surface area contributed by atoms with Gasteiger partial charge in [0.2, 0.25) is 11.7 Å². The quantitative estimate of drug-likeness (QED) is 0.689. The first-order valence-electron chi connectivity index (χ1n) is 8.68. The predicted octanol–water partition coefficient (Wildman–Crippen LogP) is 3.21. The minimum atomic E-state index is -0.794. The zero-order valence-corrected chi connectivity index (χ0v) is 15.4. The maximum atomic E-state index is 13.4. The third kappa shape index (κ3) is 2.78. The molecule has 2 aliphatic heterocycles. The summed E-state index contributed by atoms with van der Waals surface area (Å²) in [6, 6.07) is 3.67. The van der Waals surface area contributed by atoms with E-state index in [1.165, 1.54) is 11.3 Å². The first-order chi connectivity index (χ1) is 13.1. The molecule has 0 radical (unpaired) electrons. The van der Waals surface area contributed by atoms with Crippen LogP contribution in [0.1, 0.15) is 27.7 Å². The molecule has 3 aromatic heterocycles. The van der Waals surface area contributed by atoms with E-state index >= 15 is 0 Å². The third-order valence-corrected chi connectivity index (χ3v) is 5.71. The van der Waals surface area contributed by atoms with Gasteiger partial charge in [-0.05, 0) is 25.5 Å². The molecule has 5 rings (SSSR count). The number of rotatable bonds is 3. The summed E-state index contributed by atoms with van der Waals surface area (Å²) < 4.78 is 19.1. The highest BCUT2D eigenvalue weighted by molar-refractivity contribution is 7.15. The van der Waals surface area contributed by atoms with Crippen LogP contribution in [0.2, 0.25) is 0 Å². The number of hydrogen-bond acceptors (Lipinski definition) is 7. The van der Waals surface area contributed by atoms with E-state index in [4.69, 9.17) is 4.42 Å². The van der Waals surface area contributed by atoms with Crippen LogP contribution in [0.15, 0.2) is 28.9 Å². The molecule has 1 atom stereocenters. The average Bonchev–Trinajstić information content (AvgIpc) is 3.42. The maximum Gasteiger partial charge on any atom is 0.297 e. The molecule has 27 heavy (non-hydrogen) atoms. The minimum absolute atomic E-state index is 0.206. The molecule has 3 aromatic rings. The van der Waals surface area contributed by atoms with Crippen molar-refractivity contribution in [3.8, 4) is 11.5 Å². The number of carbonyl (C=O) groups excluding carboxylic acids is 1. The van der Waals surface area contributed by atoms with Gasteiger partial charge in [-0.15, -0.1) is 11.3 Å². The Balaban J connectivity index is 1.37. The molecule has 9 heteroatoms. The molecular weight excluding hydrogens is 369 g/mol. The Morgan fingerprint density at radius 2 is 2.19 bits per heavy atom. The van der Waals surface area contributed by atoms with Gasteiger partial charge in [-0.2, -0.15) is 0 Å². The molecule has 0 N–H and O–H groups in total. The topological polar surface area (TPSA) is 75.4 Å². The summed E-state index contributed by atoms with van der Waals surface area (Å²) in [7, 11) is 0. The van der Waals surface area contributed by atoms with Gasteiger partial charge in [0.25, 0.3) is 5.91 Å². The molecule has 0 aromatic carbocycles. The van der Waals surface area contributed by atoms with Crippen molar-refractivity contribution in [3.05, 3.63) is 41.0 Å². The first kappa shape index (κ1) is 16.4. The molecule has 1 saturated heterocycles. The molecule has 5 heterocycles. The van der Waals surface area contributed by atoms with E-state index in [-0.39, 0.29) is 11.7 Å². The van der Waals surface area contributed by atoms with Crippen molar-refractivity contribution in [1.29, 1.82) is 0 Å². The van der Waals surface area contributed by atoms with Crippen LogP contribution in [0.5, 0.6) is 0 Å². The molecule has 1 amide bonds. The molecule has 0 bridgehead atoms. The summed E-state index contributed by atoms with van der Waals surface area (Å²) in [5.74, 6) is 1.17. The number of hydrogen-bond donors (Lipinski definition) is 0. The van der Waals surface area contributed by atoms with Crippen molar-refractivity contribution in [3.63, 3.8) is 0 Å². The zero-order valence-electron chi connectivity index (χ0n) is 14.6. The van der Waals surface area contributed by atoms with Gasteiger partial charge in [0.1, 0.15) is 22.7 Å². The van der Waals surface area contributed by atoms with E-state index in [9.17, 15) is 9.18 Å². The van der Waals surface area contributed by atoms with Crippen molar-refractivity contribution in [2.45, 2.75) is 26.1 Å². The summed E-state index contributed by atoms with van der Waals surface area (Å²) >= 11 is 1.46. The lowest BCUT2D eigenvalue weighted by atomic mass is 10.3. The second-order valence-corrected chi connectivity index (χ2v) is 7.85. The van der Waals surface area contributed by atoms with E-state index in [2.05, 4.69) is 15.0 Å². The highest BCUT2D eigenvalue weighted by atomic mass is 32.1. The molecule has 0 aliphatic carbocycles. The molecule has 0 spiro atoms. The number of oxazole rings is 1. The average molecular weight is 385 g/mol. The van der Waals surface area contributed by atoms with Crippen LogP contribution >= 0.6 is 11.3 Å². The summed E-state index contributed by atoms with van der Waals surface area (Å²) in [5, 5.41) is 1.69. The fraction of sp³-hybridized carbons (Fsp3) is 0.333. The number of halogens is 1. The number of carbonyl (C=O) groups is 1. The van der Waals surface area contributed by atoms with Gasteiger partial charge in [-0.1, -0.05) is 0 Å². The van der Waals surface area contributed by atoms with Gasteiger partial charge in [0, 0.05) is 12.7 Å². The number of aromatic nitrogens is 3. The number of pyridine rings is 1. The van der Waals surface area contributed by atoms with Crippen molar-refractivity contribution < 1.29 is 13.6 Å². The number of nitrogens with zero attached hydrogens (tertiary/aromatic N) is 5. The molecule has 7 nitrogen and oxygen atoms in total. The van der Waals surface area contributed by atoms with Gasteiger partial charge >= 0.3 is 0 Å². The van der Waals surface area contributed by atoms with Crippen molar-refractivity contribution >= 4 is 28.1 Å². The monoisotopic (exact) mass is 385 g/mol.